The van der Waals surface area contributed by atoms with Crippen molar-refractivity contribution in [2.75, 3.05) is 11.8 Å². The van der Waals surface area contributed by atoms with Crippen LogP contribution in [-0.4, -0.2) is 30.2 Å². The van der Waals surface area contributed by atoms with Crippen molar-refractivity contribution in [2.45, 2.75) is 4.90 Å². The topological polar surface area (TPSA) is 98.2 Å². The van der Waals surface area contributed by atoms with Crippen molar-refractivity contribution in [1.29, 1.82) is 0 Å². The normalized spacial score (nSPS) is 11.4. The third-order valence-electron chi connectivity index (χ3n) is 3.17. The van der Waals surface area contributed by atoms with E-state index in [1.807, 2.05) is 0 Å². The van der Waals surface area contributed by atoms with Crippen molar-refractivity contribution in [1.82, 2.24) is 8.75 Å². The monoisotopic (exact) mass is 383 g/mol. The van der Waals surface area contributed by atoms with Crippen LogP contribution in [0.25, 0.3) is 11.0 Å². The molecule has 0 bridgehead atoms. The number of sulfonamides is 1. The standard InChI is InChI=1S/C14H10ClN3O4S2/c1-22-14(19)9-7-8(15)5-6-10(9)18-24(20,21)12-4-2-3-11-13(12)17-23-16-11/h2-7,18H,1H3. The molecule has 7 nitrogen and oxygen atoms in total. The summed E-state index contributed by atoms with van der Waals surface area (Å²) in [6.45, 7) is 0. The fourth-order valence-electron chi connectivity index (χ4n) is 2.08. The van der Waals surface area contributed by atoms with Gasteiger partial charge in [0.1, 0.15) is 15.9 Å². The lowest BCUT2D eigenvalue weighted by Crippen LogP contribution is -2.16. The first-order chi connectivity index (χ1) is 11.4. The van der Waals surface area contributed by atoms with Gasteiger partial charge in [-0.25, -0.2) is 13.2 Å². The van der Waals surface area contributed by atoms with E-state index < -0.39 is 16.0 Å². The highest BCUT2D eigenvalue weighted by atomic mass is 35.5. The molecule has 0 unspecified atom stereocenters. The molecule has 0 amide bonds. The van der Waals surface area contributed by atoms with Gasteiger partial charge in [-0.2, -0.15) is 8.75 Å². The summed E-state index contributed by atoms with van der Waals surface area (Å²) in [5, 5.41) is 0.282. The van der Waals surface area contributed by atoms with Crippen LogP contribution in [0.2, 0.25) is 5.02 Å². The van der Waals surface area contributed by atoms with Gasteiger partial charge in [0.05, 0.1) is 30.1 Å². The number of nitrogens with zero attached hydrogens (tertiary/aromatic N) is 2. The lowest BCUT2D eigenvalue weighted by atomic mass is 10.2. The average Bonchev–Trinajstić information content (AvgIpc) is 3.04. The van der Waals surface area contributed by atoms with E-state index in [-0.39, 0.29) is 26.7 Å². The summed E-state index contributed by atoms with van der Waals surface area (Å²) in [4.78, 5) is 11.8. The molecule has 0 fully saturated rings. The second-order valence-electron chi connectivity index (χ2n) is 4.68. The number of hydrogen-bond acceptors (Lipinski definition) is 7. The van der Waals surface area contributed by atoms with E-state index in [1.54, 1.807) is 12.1 Å². The van der Waals surface area contributed by atoms with Crippen molar-refractivity contribution in [3.8, 4) is 0 Å². The van der Waals surface area contributed by atoms with Gasteiger partial charge < -0.3 is 4.74 Å². The first-order valence-electron chi connectivity index (χ1n) is 6.54. The number of aromatic nitrogens is 2. The number of nitrogens with one attached hydrogen (secondary N) is 1. The molecule has 0 radical (unpaired) electrons. The van der Waals surface area contributed by atoms with Crippen LogP contribution >= 0.6 is 23.3 Å². The summed E-state index contributed by atoms with van der Waals surface area (Å²) in [5.41, 5.74) is 0.819. The Balaban J connectivity index is 2.08. The Morgan fingerprint density at radius 2 is 2.04 bits per heavy atom. The summed E-state index contributed by atoms with van der Waals surface area (Å²) in [6, 6.07) is 8.85. The van der Waals surface area contributed by atoms with Crippen molar-refractivity contribution in [3.63, 3.8) is 0 Å². The Labute approximate surface area is 146 Å². The molecular formula is C14H10ClN3O4S2. The Morgan fingerprint density at radius 3 is 2.79 bits per heavy atom. The molecule has 10 heteroatoms. The Kier molecular flexibility index (Phi) is 4.39. The Hall–Kier alpha value is -2.23. The summed E-state index contributed by atoms with van der Waals surface area (Å²) in [5.74, 6) is -0.705. The number of halogens is 1. The van der Waals surface area contributed by atoms with E-state index in [9.17, 15) is 13.2 Å². The maximum Gasteiger partial charge on any atom is 0.340 e. The Morgan fingerprint density at radius 1 is 1.25 bits per heavy atom. The summed E-state index contributed by atoms with van der Waals surface area (Å²) in [6.07, 6.45) is 0. The first kappa shape index (κ1) is 16.6. The van der Waals surface area contributed by atoms with Crippen LogP contribution in [0.3, 0.4) is 0 Å². The third kappa shape index (κ3) is 3.05. The fraction of sp³-hybridized carbons (Fsp3) is 0.0714. The van der Waals surface area contributed by atoms with Crippen LogP contribution < -0.4 is 4.72 Å². The summed E-state index contributed by atoms with van der Waals surface area (Å²) < 4.78 is 40.5. The van der Waals surface area contributed by atoms with Crippen molar-refractivity contribution >= 4 is 56.0 Å². The number of esters is 1. The highest BCUT2D eigenvalue weighted by Crippen LogP contribution is 2.27. The highest BCUT2D eigenvalue weighted by Gasteiger charge is 2.22. The second kappa shape index (κ2) is 6.34. The lowest BCUT2D eigenvalue weighted by molar-refractivity contribution is 0.0602. The van der Waals surface area contributed by atoms with Crippen LogP contribution in [0.1, 0.15) is 10.4 Å². The van der Waals surface area contributed by atoms with Crippen LogP contribution in [0.15, 0.2) is 41.3 Å². The summed E-state index contributed by atoms with van der Waals surface area (Å²) >= 11 is 6.79. The SMILES string of the molecule is COC(=O)c1cc(Cl)ccc1NS(=O)(=O)c1cccc2nsnc12. The van der Waals surface area contributed by atoms with Gasteiger partial charge in [0.25, 0.3) is 10.0 Å². The molecule has 1 N–H and O–H groups in total. The van der Waals surface area contributed by atoms with E-state index in [0.29, 0.717) is 5.52 Å². The maximum absolute atomic E-state index is 12.7. The summed E-state index contributed by atoms with van der Waals surface area (Å²) in [7, 11) is -2.79. The van der Waals surface area contributed by atoms with E-state index in [2.05, 4.69) is 18.2 Å². The number of ether oxygens (including phenoxy) is 1. The molecule has 24 heavy (non-hydrogen) atoms. The maximum atomic E-state index is 12.7. The van der Waals surface area contributed by atoms with Gasteiger partial charge in [-0.1, -0.05) is 17.7 Å². The fourth-order valence-corrected chi connectivity index (χ4v) is 4.10. The molecule has 3 rings (SSSR count). The average molecular weight is 384 g/mol. The molecule has 1 aromatic heterocycles. The second-order valence-corrected chi connectivity index (χ2v) is 7.29. The van der Waals surface area contributed by atoms with Crippen LogP contribution in [0.5, 0.6) is 0 Å². The molecule has 0 aliphatic heterocycles. The lowest BCUT2D eigenvalue weighted by Gasteiger charge is -2.12. The largest absolute Gasteiger partial charge is 0.465 e. The van der Waals surface area contributed by atoms with E-state index in [0.717, 1.165) is 11.7 Å². The number of rotatable bonds is 4. The van der Waals surface area contributed by atoms with Gasteiger partial charge in [0, 0.05) is 5.02 Å². The predicted octanol–water partition coefficient (Wildman–Crippen LogP) is 2.93. The zero-order valence-corrected chi connectivity index (χ0v) is 14.6. The van der Waals surface area contributed by atoms with Crippen molar-refractivity contribution in [2.24, 2.45) is 0 Å². The smallest absolute Gasteiger partial charge is 0.340 e. The van der Waals surface area contributed by atoms with E-state index >= 15 is 0 Å². The van der Waals surface area contributed by atoms with Crippen LogP contribution in [-0.2, 0) is 14.8 Å². The molecule has 3 aromatic rings. The molecule has 0 saturated carbocycles. The molecule has 124 valence electrons. The zero-order valence-electron chi connectivity index (χ0n) is 12.2. The van der Waals surface area contributed by atoms with Crippen molar-refractivity contribution in [3.05, 3.63) is 47.0 Å². The quantitative estimate of drug-likeness (QED) is 0.695. The molecular weight excluding hydrogens is 374 g/mol. The van der Waals surface area contributed by atoms with Crippen LogP contribution in [0, 0.1) is 0 Å². The van der Waals surface area contributed by atoms with Gasteiger partial charge in [0.2, 0.25) is 0 Å². The molecule has 1 heterocycles. The van der Waals surface area contributed by atoms with E-state index in [4.69, 9.17) is 11.6 Å². The molecule has 0 atom stereocenters. The number of carbonyl (C=O) groups excluding carboxylic acids is 1. The Bertz CT molecular complexity index is 1030. The molecule has 0 aliphatic rings. The first-order valence-corrected chi connectivity index (χ1v) is 9.13. The minimum atomic E-state index is -3.98. The zero-order chi connectivity index (χ0) is 17.3. The van der Waals surface area contributed by atoms with Gasteiger partial charge in [-0.3, -0.25) is 4.72 Å². The highest BCUT2D eigenvalue weighted by molar-refractivity contribution is 7.93. The van der Waals surface area contributed by atoms with Gasteiger partial charge >= 0.3 is 5.97 Å². The minimum absolute atomic E-state index is 0.0113. The number of fused-ring (bicyclic) bond motifs is 1. The molecule has 0 aliphatic carbocycles. The number of hydrogen-bond donors (Lipinski definition) is 1. The third-order valence-corrected chi connectivity index (χ3v) is 5.34. The number of anilines is 1. The van der Waals surface area contributed by atoms with Gasteiger partial charge in [0.15, 0.2) is 0 Å². The molecule has 2 aromatic carbocycles. The molecule has 0 spiro atoms. The predicted molar refractivity (Wildman–Crippen MR) is 91.0 cm³/mol. The number of methoxy groups -OCH3 is 1. The van der Waals surface area contributed by atoms with Crippen LogP contribution in [0.4, 0.5) is 5.69 Å². The number of benzene rings is 2. The van der Waals surface area contributed by atoms with Gasteiger partial charge in [-0.15, -0.1) is 0 Å². The van der Waals surface area contributed by atoms with Crippen molar-refractivity contribution < 1.29 is 17.9 Å². The minimum Gasteiger partial charge on any atom is -0.465 e. The number of carbonyl (C=O) groups is 1. The van der Waals surface area contributed by atoms with Gasteiger partial charge in [-0.05, 0) is 30.3 Å². The molecule has 0 saturated heterocycles. The van der Waals surface area contributed by atoms with E-state index in [1.165, 1.54) is 31.4 Å².